The van der Waals surface area contributed by atoms with Crippen LogP contribution in [-0.2, 0) is 11.3 Å². The van der Waals surface area contributed by atoms with Crippen LogP contribution in [-0.4, -0.2) is 51.2 Å². The molecule has 1 atom stereocenters. The molecular formula is C13H23N5O. The van der Waals surface area contributed by atoms with E-state index < -0.39 is 0 Å². The number of amides is 1. The van der Waals surface area contributed by atoms with Gasteiger partial charge in [0.2, 0.25) is 5.91 Å². The van der Waals surface area contributed by atoms with E-state index in [2.05, 4.69) is 22.3 Å². The quantitative estimate of drug-likeness (QED) is 0.786. The second-order valence-corrected chi connectivity index (χ2v) is 5.04. The minimum Gasteiger partial charge on any atom is -0.341 e. The number of nitrogens with zero attached hydrogens (tertiary/aromatic N) is 4. The molecule has 1 unspecified atom stereocenters. The number of rotatable bonds is 7. The lowest BCUT2D eigenvalue weighted by Gasteiger charge is -2.25. The van der Waals surface area contributed by atoms with Crippen molar-refractivity contribution in [3.8, 4) is 0 Å². The molecule has 0 bridgehead atoms. The summed E-state index contributed by atoms with van der Waals surface area (Å²) in [6, 6.07) is 0.474. The van der Waals surface area contributed by atoms with Gasteiger partial charge < -0.3 is 10.2 Å². The van der Waals surface area contributed by atoms with Gasteiger partial charge in [-0.1, -0.05) is 6.92 Å². The third-order valence-corrected chi connectivity index (χ3v) is 3.47. The summed E-state index contributed by atoms with van der Waals surface area (Å²) in [7, 11) is 0. The monoisotopic (exact) mass is 265 g/mol. The summed E-state index contributed by atoms with van der Waals surface area (Å²) in [6.45, 7) is 5.48. The number of nitrogens with one attached hydrogen (secondary N) is 1. The Morgan fingerprint density at radius 1 is 1.58 bits per heavy atom. The van der Waals surface area contributed by atoms with Crippen molar-refractivity contribution in [1.29, 1.82) is 0 Å². The van der Waals surface area contributed by atoms with Crippen molar-refractivity contribution < 1.29 is 4.79 Å². The molecule has 0 saturated carbocycles. The summed E-state index contributed by atoms with van der Waals surface area (Å²) >= 11 is 0. The van der Waals surface area contributed by atoms with Gasteiger partial charge in [-0.15, -0.1) is 0 Å². The van der Waals surface area contributed by atoms with Crippen LogP contribution in [0.25, 0.3) is 0 Å². The van der Waals surface area contributed by atoms with Gasteiger partial charge in [-0.25, -0.2) is 4.98 Å². The molecule has 1 fully saturated rings. The van der Waals surface area contributed by atoms with Crippen molar-refractivity contribution >= 4 is 5.91 Å². The zero-order valence-corrected chi connectivity index (χ0v) is 11.6. The molecule has 0 aliphatic carbocycles. The van der Waals surface area contributed by atoms with E-state index in [9.17, 15) is 4.79 Å². The van der Waals surface area contributed by atoms with Crippen LogP contribution in [0.2, 0.25) is 0 Å². The summed E-state index contributed by atoms with van der Waals surface area (Å²) in [5, 5.41) is 7.47. The number of hydrogen-bond acceptors (Lipinski definition) is 4. The smallest absolute Gasteiger partial charge is 0.224 e. The van der Waals surface area contributed by atoms with E-state index in [0.29, 0.717) is 19.0 Å². The fraction of sp³-hybridized carbons (Fsp3) is 0.769. The Bertz CT molecular complexity index is 372. The maximum atomic E-state index is 12.3. The third kappa shape index (κ3) is 4.31. The topological polar surface area (TPSA) is 63.1 Å². The Kier molecular flexibility index (Phi) is 5.32. The maximum absolute atomic E-state index is 12.3. The summed E-state index contributed by atoms with van der Waals surface area (Å²) < 4.78 is 1.70. The first-order chi connectivity index (χ1) is 9.29. The van der Waals surface area contributed by atoms with Crippen molar-refractivity contribution in [3.63, 3.8) is 0 Å². The van der Waals surface area contributed by atoms with Gasteiger partial charge in [0.15, 0.2) is 0 Å². The molecule has 1 aliphatic heterocycles. The van der Waals surface area contributed by atoms with E-state index in [4.69, 9.17) is 0 Å². The highest BCUT2D eigenvalue weighted by atomic mass is 16.2. The van der Waals surface area contributed by atoms with E-state index in [-0.39, 0.29) is 5.91 Å². The molecule has 0 spiro atoms. The van der Waals surface area contributed by atoms with Crippen LogP contribution in [0.3, 0.4) is 0 Å². The predicted octanol–water partition coefficient (Wildman–Crippen LogP) is 0.659. The molecule has 2 heterocycles. The van der Waals surface area contributed by atoms with Crippen molar-refractivity contribution in [1.82, 2.24) is 25.0 Å². The van der Waals surface area contributed by atoms with Crippen LogP contribution in [0, 0.1) is 0 Å². The lowest BCUT2D eigenvalue weighted by molar-refractivity contribution is -0.131. The first-order valence-corrected chi connectivity index (χ1v) is 7.13. The highest BCUT2D eigenvalue weighted by Crippen LogP contribution is 2.08. The summed E-state index contributed by atoms with van der Waals surface area (Å²) in [5.41, 5.74) is 0. The van der Waals surface area contributed by atoms with Crippen molar-refractivity contribution in [3.05, 3.63) is 12.7 Å². The third-order valence-electron chi connectivity index (χ3n) is 3.47. The standard InChI is InChI=1S/C13H23N5O/c1-2-7-17(9-12-4-3-6-15-12)13(19)5-8-18-11-14-10-16-18/h10-12,15H,2-9H2,1H3. The van der Waals surface area contributed by atoms with Crippen LogP contribution in [0.5, 0.6) is 0 Å². The Hall–Kier alpha value is -1.43. The molecule has 1 aromatic heterocycles. The summed E-state index contributed by atoms with van der Waals surface area (Å²) in [4.78, 5) is 18.1. The van der Waals surface area contributed by atoms with Gasteiger partial charge in [-0.2, -0.15) is 5.10 Å². The van der Waals surface area contributed by atoms with Crippen molar-refractivity contribution in [2.45, 2.75) is 45.2 Å². The fourth-order valence-electron chi connectivity index (χ4n) is 2.48. The highest BCUT2D eigenvalue weighted by molar-refractivity contribution is 5.76. The van der Waals surface area contributed by atoms with Crippen LogP contribution < -0.4 is 5.32 Å². The normalized spacial score (nSPS) is 18.7. The number of hydrogen-bond donors (Lipinski definition) is 1. The second kappa shape index (κ2) is 7.23. The molecule has 2 rings (SSSR count). The zero-order chi connectivity index (χ0) is 13.5. The summed E-state index contributed by atoms with van der Waals surface area (Å²) in [5.74, 6) is 0.214. The van der Waals surface area contributed by atoms with Crippen LogP contribution >= 0.6 is 0 Å². The lowest BCUT2D eigenvalue weighted by atomic mass is 10.2. The molecule has 1 aliphatic rings. The Morgan fingerprint density at radius 2 is 2.47 bits per heavy atom. The number of carbonyl (C=O) groups excluding carboxylic acids is 1. The van der Waals surface area contributed by atoms with Gasteiger partial charge in [-0.3, -0.25) is 9.48 Å². The molecule has 1 aromatic rings. The van der Waals surface area contributed by atoms with Gasteiger partial charge in [-0.05, 0) is 25.8 Å². The molecule has 0 aromatic carbocycles. The SMILES string of the molecule is CCCN(CC1CCCN1)C(=O)CCn1cncn1. The Labute approximate surface area is 114 Å². The first-order valence-electron chi connectivity index (χ1n) is 7.13. The largest absolute Gasteiger partial charge is 0.341 e. The van der Waals surface area contributed by atoms with Gasteiger partial charge >= 0.3 is 0 Å². The van der Waals surface area contributed by atoms with Crippen molar-refractivity contribution in [2.75, 3.05) is 19.6 Å². The molecule has 0 radical (unpaired) electrons. The van der Waals surface area contributed by atoms with Gasteiger partial charge in [0.1, 0.15) is 12.7 Å². The predicted molar refractivity (Wildman–Crippen MR) is 72.5 cm³/mol. The molecule has 1 amide bonds. The van der Waals surface area contributed by atoms with Gasteiger partial charge in [0, 0.05) is 25.6 Å². The summed E-state index contributed by atoms with van der Waals surface area (Å²) in [6.07, 6.45) is 7.04. The molecule has 1 N–H and O–H groups in total. The zero-order valence-electron chi connectivity index (χ0n) is 11.6. The maximum Gasteiger partial charge on any atom is 0.224 e. The van der Waals surface area contributed by atoms with E-state index >= 15 is 0 Å². The lowest BCUT2D eigenvalue weighted by Crippen LogP contribution is -2.41. The minimum absolute atomic E-state index is 0.214. The van der Waals surface area contributed by atoms with Crippen LogP contribution in [0.1, 0.15) is 32.6 Å². The minimum atomic E-state index is 0.214. The van der Waals surface area contributed by atoms with Crippen LogP contribution in [0.4, 0.5) is 0 Å². The molecule has 19 heavy (non-hydrogen) atoms. The van der Waals surface area contributed by atoms with E-state index in [1.807, 2.05) is 4.90 Å². The second-order valence-electron chi connectivity index (χ2n) is 5.04. The highest BCUT2D eigenvalue weighted by Gasteiger charge is 2.20. The molecule has 106 valence electrons. The Morgan fingerprint density at radius 3 is 3.11 bits per heavy atom. The molecule has 6 nitrogen and oxygen atoms in total. The van der Waals surface area contributed by atoms with Gasteiger partial charge in [0.05, 0.1) is 6.54 Å². The fourth-order valence-corrected chi connectivity index (χ4v) is 2.48. The average molecular weight is 265 g/mol. The van der Waals surface area contributed by atoms with E-state index in [1.165, 1.54) is 19.2 Å². The number of aryl methyl sites for hydroxylation is 1. The average Bonchev–Trinajstić information content (AvgIpc) is 3.08. The van der Waals surface area contributed by atoms with Crippen molar-refractivity contribution in [2.24, 2.45) is 0 Å². The van der Waals surface area contributed by atoms with Gasteiger partial charge in [0.25, 0.3) is 0 Å². The molecular weight excluding hydrogens is 242 g/mol. The first kappa shape index (κ1) is 14.0. The Balaban J connectivity index is 1.80. The number of aromatic nitrogens is 3. The van der Waals surface area contributed by atoms with Crippen LogP contribution in [0.15, 0.2) is 12.7 Å². The molecule has 6 heteroatoms. The molecule has 1 saturated heterocycles. The number of carbonyl (C=O) groups is 1. The van der Waals surface area contributed by atoms with E-state index in [1.54, 1.807) is 11.0 Å². The van der Waals surface area contributed by atoms with E-state index in [0.717, 1.165) is 26.1 Å².